The fourth-order valence-electron chi connectivity index (χ4n) is 4.53. The molecule has 0 spiro atoms. The maximum atomic E-state index is 13.4. The van der Waals surface area contributed by atoms with Crippen molar-refractivity contribution in [2.24, 2.45) is 5.41 Å². The molecule has 1 aromatic carbocycles. The first kappa shape index (κ1) is 22.1. The standard InChI is InChI=1S/C25H28N4O2S/c1-3-28-24(31)25(11-6-12-29(16-25)23(30)22-10-9-18(2)32-22)13-19-7-4-5-8-21(19)20-14-26-17-27-15-20/h4-5,7-10,14-15,17H,3,6,11-13,16H2,1-2H3,(H,28,31). The van der Waals surface area contributed by atoms with Crippen LogP contribution >= 0.6 is 11.3 Å². The SMILES string of the molecule is CCNC(=O)C1(Cc2ccccc2-c2cncnc2)CCCN(C(=O)c2ccc(C)s2)C1. The minimum atomic E-state index is -0.679. The van der Waals surface area contributed by atoms with E-state index in [9.17, 15) is 9.59 Å². The first-order chi connectivity index (χ1) is 15.5. The average molecular weight is 449 g/mol. The predicted molar refractivity (Wildman–Crippen MR) is 126 cm³/mol. The van der Waals surface area contributed by atoms with Gasteiger partial charge in [-0.05, 0) is 56.4 Å². The Morgan fingerprint density at radius 2 is 1.94 bits per heavy atom. The number of hydrogen-bond donors (Lipinski definition) is 1. The van der Waals surface area contributed by atoms with Crippen LogP contribution in [0, 0.1) is 12.3 Å². The number of carbonyl (C=O) groups excluding carboxylic acids is 2. The Bertz CT molecular complexity index is 1100. The lowest BCUT2D eigenvalue weighted by Crippen LogP contribution is -2.54. The van der Waals surface area contributed by atoms with Gasteiger partial charge in [0.25, 0.3) is 5.91 Å². The summed E-state index contributed by atoms with van der Waals surface area (Å²) in [6, 6.07) is 11.9. The lowest BCUT2D eigenvalue weighted by atomic mass is 9.73. The van der Waals surface area contributed by atoms with E-state index in [0.717, 1.165) is 39.3 Å². The summed E-state index contributed by atoms with van der Waals surface area (Å²) >= 11 is 1.51. The lowest BCUT2D eigenvalue weighted by Gasteiger charge is -2.42. The second kappa shape index (κ2) is 9.61. The zero-order valence-corrected chi connectivity index (χ0v) is 19.3. The average Bonchev–Trinajstić information content (AvgIpc) is 3.26. The number of benzene rings is 1. The number of nitrogens with one attached hydrogen (secondary N) is 1. The van der Waals surface area contributed by atoms with Crippen LogP contribution in [0.2, 0.25) is 0 Å². The summed E-state index contributed by atoms with van der Waals surface area (Å²) in [6.45, 7) is 5.58. The monoisotopic (exact) mass is 448 g/mol. The molecule has 0 radical (unpaired) electrons. The Balaban J connectivity index is 1.67. The highest BCUT2D eigenvalue weighted by atomic mass is 32.1. The number of aromatic nitrogens is 2. The van der Waals surface area contributed by atoms with Crippen LogP contribution in [-0.4, -0.2) is 46.3 Å². The topological polar surface area (TPSA) is 75.2 Å². The highest BCUT2D eigenvalue weighted by Gasteiger charge is 2.44. The smallest absolute Gasteiger partial charge is 0.263 e. The molecule has 166 valence electrons. The summed E-state index contributed by atoms with van der Waals surface area (Å²) in [4.78, 5) is 38.6. The Labute approximate surface area is 192 Å². The first-order valence-corrected chi connectivity index (χ1v) is 11.8. The Kier molecular flexibility index (Phi) is 6.65. The van der Waals surface area contributed by atoms with Gasteiger partial charge in [-0.15, -0.1) is 11.3 Å². The van der Waals surface area contributed by atoms with Crippen LogP contribution in [0.4, 0.5) is 0 Å². The van der Waals surface area contributed by atoms with E-state index in [4.69, 9.17) is 0 Å². The molecule has 0 saturated carbocycles. The number of amides is 2. The van der Waals surface area contributed by atoms with Gasteiger partial charge in [0.05, 0.1) is 10.3 Å². The third kappa shape index (κ3) is 4.58. The Morgan fingerprint density at radius 1 is 1.16 bits per heavy atom. The molecule has 1 atom stereocenters. The van der Waals surface area contributed by atoms with Gasteiger partial charge in [0.15, 0.2) is 0 Å². The van der Waals surface area contributed by atoms with Crippen molar-refractivity contribution in [3.63, 3.8) is 0 Å². The van der Waals surface area contributed by atoms with Crippen molar-refractivity contribution in [3.8, 4) is 11.1 Å². The molecule has 2 aromatic heterocycles. The highest BCUT2D eigenvalue weighted by Crippen LogP contribution is 2.37. The maximum Gasteiger partial charge on any atom is 0.263 e. The third-order valence-corrected chi connectivity index (χ3v) is 7.04. The zero-order valence-electron chi connectivity index (χ0n) is 18.5. The third-order valence-electron chi connectivity index (χ3n) is 6.05. The predicted octanol–water partition coefficient (Wildman–Crippen LogP) is 4.11. The molecule has 0 bridgehead atoms. The quantitative estimate of drug-likeness (QED) is 0.616. The van der Waals surface area contributed by atoms with E-state index in [1.165, 1.54) is 17.7 Å². The van der Waals surface area contributed by atoms with Gasteiger partial charge in [0, 0.05) is 42.5 Å². The van der Waals surface area contributed by atoms with E-state index < -0.39 is 5.41 Å². The van der Waals surface area contributed by atoms with Crippen molar-refractivity contribution in [3.05, 3.63) is 70.4 Å². The van der Waals surface area contributed by atoms with Gasteiger partial charge in [-0.25, -0.2) is 9.97 Å². The molecule has 3 heterocycles. The second-order valence-corrected chi connectivity index (χ2v) is 9.63. The van der Waals surface area contributed by atoms with Crippen LogP contribution < -0.4 is 5.32 Å². The molecule has 1 aliphatic rings. The van der Waals surface area contributed by atoms with Crippen molar-refractivity contribution in [2.45, 2.75) is 33.1 Å². The van der Waals surface area contributed by atoms with Crippen molar-refractivity contribution < 1.29 is 9.59 Å². The Morgan fingerprint density at radius 3 is 2.66 bits per heavy atom. The van der Waals surface area contributed by atoms with Crippen molar-refractivity contribution in [2.75, 3.05) is 19.6 Å². The molecule has 7 heteroatoms. The largest absolute Gasteiger partial charge is 0.356 e. The van der Waals surface area contributed by atoms with E-state index in [-0.39, 0.29) is 11.8 Å². The number of nitrogens with zero attached hydrogens (tertiary/aromatic N) is 3. The van der Waals surface area contributed by atoms with Gasteiger partial charge >= 0.3 is 0 Å². The molecule has 1 fully saturated rings. The van der Waals surface area contributed by atoms with Crippen LogP contribution in [0.5, 0.6) is 0 Å². The summed E-state index contributed by atoms with van der Waals surface area (Å²) in [6.07, 6.45) is 7.19. The van der Waals surface area contributed by atoms with Gasteiger partial charge in [0.2, 0.25) is 5.91 Å². The first-order valence-electron chi connectivity index (χ1n) is 11.0. The van der Waals surface area contributed by atoms with E-state index in [1.54, 1.807) is 12.4 Å². The summed E-state index contributed by atoms with van der Waals surface area (Å²) in [5, 5.41) is 3.04. The number of carbonyl (C=O) groups is 2. The molecule has 1 aliphatic heterocycles. The fourth-order valence-corrected chi connectivity index (χ4v) is 5.36. The lowest BCUT2D eigenvalue weighted by molar-refractivity contribution is -0.133. The van der Waals surface area contributed by atoms with E-state index >= 15 is 0 Å². The van der Waals surface area contributed by atoms with E-state index in [0.29, 0.717) is 26.1 Å². The molecule has 2 amide bonds. The van der Waals surface area contributed by atoms with E-state index in [2.05, 4.69) is 21.4 Å². The normalized spacial score (nSPS) is 18.4. The van der Waals surface area contributed by atoms with Gasteiger partial charge < -0.3 is 10.2 Å². The van der Waals surface area contributed by atoms with Crippen LogP contribution in [0.25, 0.3) is 11.1 Å². The molecular weight excluding hydrogens is 420 g/mol. The summed E-state index contributed by atoms with van der Waals surface area (Å²) in [5.74, 6) is 0.0280. The molecule has 0 aliphatic carbocycles. The molecule has 1 unspecified atom stereocenters. The molecule has 6 nitrogen and oxygen atoms in total. The molecule has 1 N–H and O–H groups in total. The fraction of sp³-hybridized carbons (Fsp3) is 0.360. The molecule has 32 heavy (non-hydrogen) atoms. The molecule has 3 aromatic rings. The van der Waals surface area contributed by atoms with Gasteiger partial charge in [-0.3, -0.25) is 9.59 Å². The van der Waals surface area contributed by atoms with Crippen LogP contribution in [0.3, 0.4) is 0 Å². The number of aryl methyl sites for hydroxylation is 1. The zero-order chi connectivity index (χ0) is 22.6. The van der Waals surface area contributed by atoms with Gasteiger partial charge in [0.1, 0.15) is 6.33 Å². The number of hydrogen-bond acceptors (Lipinski definition) is 5. The summed E-state index contributed by atoms with van der Waals surface area (Å²) in [7, 11) is 0. The number of rotatable bonds is 6. The highest BCUT2D eigenvalue weighted by molar-refractivity contribution is 7.13. The van der Waals surface area contributed by atoms with Crippen LogP contribution in [-0.2, 0) is 11.2 Å². The van der Waals surface area contributed by atoms with Crippen LogP contribution in [0.15, 0.2) is 55.1 Å². The maximum absolute atomic E-state index is 13.4. The van der Waals surface area contributed by atoms with Crippen molar-refractivity contribution >= 4 is 23.2 Å². The van der Waals surface area contributed by atoms with Gasteiger partial charge in [-0.2, -0.15) is 0 Å². The second-order valence-electron chi connectivity index (χ2n) is 8.34. The van der Waals surface area contributed by atoms with Gasteiger partial charge in [-0.1, -0.05) is 24.3 Å². The van der Waals surface area contributed by atoms with E-state index in [1.807, 2.05) is 49.1 Å². The number of piperidine rings is 1. The minimum absolute atomic E-state index is 0.0129. The molecular formula is C25H28N4O2S. The summed E-state index contributed by atoms with van der Waals surface area (Å²) in [5.41, 5.74) is 2.33. The van der Waals surface area contributed by atoms with Crippen molar-refractivity contribution in [1.29, 1.82) is 0 Å². The number of likely N-dealkylation sites (tertiary alicyclic amines) is 1. The van der Waals surface area contributed by atoms with Crippen molar-refractivity contribution in [1.82, 2.24) is 20.2 Å². The Hall–Kier alpha value is -3.06. The number of thiophene rings is 1. The molecule has 4 rings (SSSR count). The van der Waals surface area contributed by atoms with Crippen LogP contribution in [0.1, 0.15) is 39.9 Å². The minimum Gasteiger partial charge on any atom is -0.356 e. The molecule has 1 saturated heterocycles. The summed E-state index contributed by atoms with van der Waals surface area (Å²) < 4.78 is 0.